The van der Waals surface area contributed by atoms with E-state index in [-0.39, 0.29) is 23.4 Å². The molecule has 0 spiro atoms. The molecule has 0 aliphatic carbocycles. The number of amides is 1. The zero-order chi connectivity index (χ0) is 23.5. The van der Waals surface area contributed by atoms with Gasteiger partial charge in [-0.3, -0.25) is 4.79 Å². The molecule has 4 heterocycles. The van der Waals surface area contributed by atoms with Crippen molar-refractivity contribution in [2.24, 2.45) is 5.92 Å². The van der Waals surface area contributed by atoms with Crippen molar-refractivity contribution in [2.75, 3.05) is 29.6 Å². The number of furan rings is 1. The number of oxazole rings is 1. The van der Waals surface area contributed by atoms with Crippen molar-refractivity contribution in [3.8, 4) is 23.4 Å². The smallest absolute Gasteiger partial charge is 0.266 e. The predicted octanol–water partition coefficient (Wildman–Crippen LogP) is 3.36. The molecule has 1 saturated heterocycles. The van der Waals surface area contributed by atoms with Gasteiger partial charge in [0.05, 0.1) is 12.0 Å². The summed E-state index contributed by atoms with van der Waals surface area (Å²) < 4.78 is 12.8. The number of piperidine rings is 1. The van der Waals surface area contributed by atoms with Crippen molar-refractivity contribution >= 4 is 29.2 Å². The Hall–Kier alpha value is -4.11. The molecule has 1 aliphatic heterocycles. The highest BCUT2D eigenvalue weighted by Crippen LogP contribution is 2.31. The molecule has 0 atom stereocenters. The van der Waals surface area contributed by atoms with Crippen LogP contribution in [0.2, 0.25) is 0 Å². The summed E-state index contributed by atoms with van der Waals surface area (Å²) in [6, 6.07) is 12.9. The quantitative estimate of drug-likeness (QED) is 0.412. The molecular formula is C22H20N8O3S. The fraction of sp³-hybridized carbons (Fsp3) is 0.273. The van der Waals surface area contributed by atoms with Crippen molar-refractivity contribution in [3.63, 3.8) is 0 Å². The van der Waals surface area contributed by atoms with Gasteiger partial charge in [-0.25, -0.2) is 0 Å². The Balaban J connectivity index is 1.23. The molecule has 11 nitrogen and oxygen atoms in total. The second-order valence-electron chi connectivity index (χ2n) is 7.64. The molecule has 4 aromatic rings. The number of hydrogen-bond donors (Lipinski definition) is 1. The van der Waals surface area contributed by atoms with Gasteiger partial charge in [0.15, 0.2) is 5.76 Å². The third kappa shape index (κ3) is 4.25. The number of tetrazole rings is 1. The number of carbonyl (C=O) groups is 1. The van der Waals surface area contributed by atoms with Crippen molar-refractivity contribution in [1.82, 2.24) is 25.2 Å². The summed E-state index contributed by atoms with van der Waals surface area (Å²) in [5.41, 5.74) is 1.65. The van der Waals surface area contributed by atoms with Crippen LogP contribution in [0.3, 0.4) is 0 Å². The van der Waals surface area contributed by atoms with Crippen LogP contribution >= 0.6 is 11.8 Å². The Labute approximate surface area is 198 Å². The summed E-state index contributed by atoms with van der Waals surface area (Å²) in [6.07, 6.45) is 4.67. The minimum atomic E-state index is -0.160. The van der Waals surface area contributed by atoms with Crippen LogP contribution < -0.4 is 10.2 Å². The third-order valence-corrected chi connectivity index (χ3v) is 6.20. The Morgan fingerprint density at radius 1 is 1.26 bits per heavy atom. The molecule has 172 valence electrons. The van der Waals surface area contributed by atoms with Crippen LogP contribution in [0.15, 0.2) is 56.7 Å². The Bertz CT molecular complexity index is 1330. The molecule has 1 N–H and O–H groups in total. The summed E-state index contributed by atoms with van der Waals surface area (Å²) in [5.74, 6) is 0.932. The molecule has 34 heavy (non-hydrogen) atoms. The molecule has 1 fully saturated rings. The Kier molecular flexibility index (Phi) is 6.01. The summed E-state index contributed by atoms with van der Waals surface area (Å²) in [7, 11) is 0. The number of benzene rings is 1. The van der Waals surface area contributed by atoms with Gasteiger partial charge in [0.2, 0.25) is 22.6 Å². The number of nitrogens with zero attached hydrogens (tertiary/aromatic N) is 7. The van der Waals surface area contributed by atoms with Gasteiger partial charge >= 0.3 is 0 Å². The van der Waals surface area contributed by atoms with E-state index >= 15 is 0 Å². The van der Waals surface area contributed by atoms with E-state index in [9.17, 15) is 10.1 Å². The zero-order valence-corrected chi connectivity index (χ0v) is 19.0. The lowest BCUT2D eigenvalue weighted by atomic mass is 9.96. The molecule has 1 aliphatic rings. The van der Waals surface area contributed by atoms with Gasteiger partial charge in [-0.1, -0.05) is 17.8 Å². The summed E-state index contributed by atoms with van der Waals surface area (Å²) >= 11 is 1.44. The van der Waals surface area contributed by atoms with E-state index < -0.39 is 0 Å². The highest BCUT2D eigenvalue weighted by Gasteiger charge is 2.29. The van der Waals surface area contributed by atoms with Crippen LogP contribution in [-0.2, 0) is 4.79 Å². The molecule has 0 unspecified atom stereocenters. The number of hydrogen-bond acceptors (Lipinski definition) is 10. The van der Waals surface area contributed by atoms with Crippen LogP contribution in [0.4, 0.5) is 11.6 Å². The molecule has 0 radical (unpaired) electrons. The van der Waals surface area contributed by atoms with Gasteiger partial charge in [-0.05, 0) is 59.9 Å². The Morgan fingerprint density at radius 3 is 2.85 bits per heavy atom. The highest BCUT2D eigenvalue weighted by molar-refractivity contribution is 7.98. The fourth-order valence-electron chi connectivity index (χ4n) is 3.88. The minimum absolute atomic E-state index is 0.0482. The number of nitrogens with one attached hydrogen (secondary N) is 1. The van der Waals surface area contributed by atoms with E-state index in [1.54, 1.807) is 16.8 Å². The first kappa shape index (κ1) is 21.7. The maximum Gasteiger partial charge on any atom is 0.266 e. The number of nitriles is 1. The standard InChI is InChI=1S/C22H20N8O3S/c1-34-22-26-27-28-30(22)16-5-2-4-15(12-16)24-19(31)14-7-9-29(10-8-14)21-17(13-23)25-20(33-21)18-6-3-11-32-18/h2-6,11-12,14H,7-10H2,1H3,(H,24,31). The minimum Gasteiger partial charge on any atom is -0.459 e. The van der Waals surface area contributed by atoms with Crippen molar-refractivity contribution in [3.05, 3.63) is 48.4 Å². The van der Waals surface area contributed by atoms with E-state index in [0.717, 1.165) is 5.69 Å². The SMILES string of the molecule is CSc1nnnn1-c1cccc(NC(=O)C2CCN(c3oc(-c4ccco4)nc3C#N)CC2)c1. The molecule has 3 aromatic heterocycles. The lowest BCUT2D eigenvalue weighted by Crippen LogP contribution is -2.38. The van der Waals surface area contributed by atoms with Crippen LogP contribution in [0.5, 0.6) is 0 Å². The first-order valence-electron chi connectivity index (χ1n) is 10.6. The molecule has 12 heteroatoms. The number of aromatic nitrogens is 5. The first-order valence-corrected chi connectivity index (χ1v) is 11.8. The van der Waals surface area contributed by atoms with Crippen molar-refractivity contribution < 1.29 is 13.6 Å². The lowest BCUT2D eigenvalue weighted by molar-refractivity contribution is -0.120. The van der Waals surface area contributed by atoms with E-state index in [1.165, 1.54) is 18.0 Å². The van der Waals surface area contributed by atoms with Gasteiger partial charge < -0.3 is 19.1 Å². The van der Waals surface area contributed by atoms with Gasteiger partial charge in [0, 0.05) is 24.7 Å². The van der Waals surface area contributed by atoms with E-state index in [2.05, 4.69) is 31.9 Å². The second kappa shape index (κ2) is 9.40. The Morgan fingerprint density at radius 2 is 2.12 bits per heavy atom. The highest BCUT2D eigenvalue weighted by atomic mass is 32.2. The zero-order valence-electron chi connectivity index (χ0n) is 18.2. The monoisotopic (exact) mass is 476 g/mol. The van der Waals surface area contributed by atoms with Gasteiger partial charge in [-0.15, -0.1) is 5.10 Å². The largest absolute Gasteiger partial charge is 0.459 e. The third-order valence-electron chi connectivity index (χ3n) is 5.58. The summed E-state index contributed by atoms with van der Waals surface area (Å²) in [4.78, 5) is 19.1. The number of thioether (sulfide) groups is 1. The summed E-state index contributed by atoms with van der Waals surface area (Å²) in [5, 5.41) is 24.8. The second-order valence-corrected chi connectivity index (χ2v) is 8.41. The number of rotatable bonds is 6. The molecular weight excluding hydrogens is 456 g/mol. The van der Waals surface area contributed by atoms with Crippen LogP contribution in [-0.4, -0.2) is 50.4 Å². The number of carbonyl (C=O) groups excluding carboxylic acids is 1. The molecule has 1 aromatic carbocycles. The molecule has 1 amide bonds. The van der Waals surface area contributed by atoms with E-state index in [1.807, 2.05) is 35.4 Å². The van der Waals surface area contributed by atoms with Gasteiger partial charge in [-0.2, -0.15) is 14.9 Å². The average molecular weight is 477 g/mol. The normalized spacial score (nSPS) is 14.2. The van der Waals surface area contributed by atoms with E-state index in [0.29, 0.717) is 48.4 Å². The van der Waals surface area contributed by atoms with Crippen LogP contribution in [0.25, 0.3) is 17.3 Å². The lowest BCUT2D eigenvalue weighted by Gasteiger charge is -2.31. The van der Waals surface area contributed by atoms with E-state index in [4.69, 9.17) is 8.83 Å². The topological polar surface area (TPSA) is 139 Å². The maximum absolute atomic E-state index is 12.9. The van der Waals surface area contributed by atoms with Gasteiger partial charge in [0.1, 0.15) is 6.07 Å². The maximum atomic E-state index is 12.9. The fourth-order valence-corrected chi connectivity index (χ4v) is 4.31. The first-order chi connectivity index (χ1) is 16.7. The van der Waals surface area contributed by atoms with Gasteiger partial charge in [0.25, 0.3) is 5.89 Å². The number of anilines is 2. The van der Waals surface area contributed by atoms with Crippen LogP contribution in [0.1, 0.15) is 18.5 Å². The summed E-state index contributed by atoms with van der Waals surface area (Å²) in [6.45, 7) is 1.14. The van der Waals surface area contributed by atoms with Crippen molar-refractivity contribution in [2.45, 2.75) is 18.0 Å². The average Bonchev–Trinajstić information content (AvgIpc) is 3.64. The molecule has 5 rings (SSSR count). The molecule has 0 saturated carbocycles. The molecule has 0 bridgehead atoms. The van der Waals surface area contributed by atoms with Crippen LogP contribution in [0, 0.1) is 17.2 Å². The van der Waals surface area contributed by atoms with Crippen molar-refractivity contribution in [1.29, 1.82) is 5.26 Å². The predicted molar refractivity (Wildman–Crippen MR) is 123 cm³/mol.